The van der Waals surface area contributed by atoms with E-state index >= 15 is 0 Å². The first-order valence-electron chi connectivity index (χ1n) is 9.16. The van der Waals surface area contributed by atoms with E-state index in [9.17, 15) is 14.4 Å². The molecule has 0 bridgehead atoms. The fraction of sp³-hybridized carbons (Fsp3) is 0.318. The molecule has 5 nitrogen and oxygen atoms in total. The van der Waals surface area contributed by atoms with Crippen molar-refractivity contribution in [2.75, 3.05) is 18.4 Å². The standard InChI is InChI=1S/C22H24N2O3/c1-16(25)18-8-10-20(11-9-18)23-21(27)24-14-12-22(13-15-24,17(2)26)19-6-4-3-5-7-19/h3-11H,12-15H2,1-2H3,(H,23,27). The molecule has 0 spiro atoms. The second kappa shape index (κ2) is 7.74. The summed E-state index contributed by atoms with van der Waals surface area (Å²) in [6, 6.07) is 16.5. The van der Waals surface area contributed by atoms with E-state index in [4.69, 9.17) is 0 Å². The van der Waals surface area contributed by atoms with E-state index in [1.165, 1.54) is 6.92 Å². The molecule has 1 aliphatic rings. The molecule has 1 aliphatic heterocycles. The average Bonchev–Trinajstić information content (AvgIpc) is 2.69. The molecular formula is C22H24N2O3. The zero-order valence-electron chi connectivity index (χ0n) is 15.7. The molecule has 0 aromatic heterocycles. The summed E-state index contributed by atoms with van der Waals surface area (Å²) < 4.78 is 0. The van der Waals surface area contributed by atoms with Crippen LogP contribution in [-0.2, 0) is 10.2 Å². The topological polar surface area (TPSA) is 66.5 Å². The fourth-order valence-corrected chi connectivity index (χ4v) is 3.68. The lowest BCUT2D eigenvalue weighted by Crippen LogP contribution is -2.49. The zero-order chi connectivity index (χ0) is 19.4. The molecule has 0 saturated carbocycles. The molecule has 2 amide bonds. The van der Waals surface area contributed by atoms with Gasteiger partial charge in [0.15, 0.2) is 5.78 Å². The number of urea groups is 1. The Morgan fingerprint density at radius 2 is 1.48 bits per heavy atom. The van der Waals surface area contributed by atoms with Gasteiger partial charge in [-0.15, -0.1) is 0 Å². The molecule has 0 unspecified atom stereocenters. The van der Waals surface area contributed by atoms with Gasteiger partial charge in [0.1, 0.15) is 5.78 Å². The first-order chi connectivity index (χ1) is 12.9. The smallest absolute Gasteiger partial charge is 0.321 e. The van der Waals surface area contributed by atoms with Crippen molar-refractivity contribution < 1.29 is 14.4 Å². The third kappa shape index (κ3) is 3.92. The van der Waals surface area contributed by atoms with Gasteiger partial charge >= 0.3 is 6.03 Å². The molecule has 0 atom stereocenters. The first-order valence-corrected chi connectivity index (χ1v) is 9.16. The van der Waals surface area contributed by atoms with E-state index in [0.29, 0.717) is 37.2 Å². The quantitative estimate of drug-likeness (QED) is 0.833. The Balaban J connectivity index is 1.66. The minimum Gasteiger partial charge on any atom is -0.324 e. The Kier molecular flexibility index (Phi) is 5.40. The summed E-state index contributed by atoms with van der Waals surface area (Å²) in [7, 11) is 0. The lowest BCUT2D eigenvalue weighted by Gasteiger charge is -2.40. The molecule has 0 radical (unpaired) electrons. The SMILES string of the molecule is CC(=O)c1ccc(NC(=O)N2CCC(C(C)=O)(c3ccccc3)CC2)cc1. The number of likely N-dealkylation sites (tertiary alicyclic amines) is 1. The van der Waals surface area contributed by atoms with E-state index in [-0.39, 0.29) is 17.6 Å². The van der Waals surface area contributed by atoms with Crippen LogP contribution in [0.25, 0.3) is 0 Å². The molecule has 2 aromatic rings. The van der Waals surface area contributed by atoms with Crippen molar-refractivity contribution >= 4 is 23.3 Å². The number of Topliss-reactive ketones (excluding diaryl/α,β-unsaturated/α-hetero) is 2. The van der Waals surface area contributed by atoms with Crippen LogP contribution in [0.15, 0.2) is 54.6 Å². The van der Waals surface area contributed by atoms with Crippen molar-refractivity contribution in [3.8, 4) is 0 Å². The maximum absolute atomic E-state index is 12.6. The molecule has 1 N–H and O–H groups in total. The van der Waals surface area contributed by atoms with Crippen molar-refractivity contribution in [2.45, 2.75) is 32.1 Å². The van der Waals surface area contributed by atoms with Gasteiger partial charge in [-0.3, -0.25) is 9.59 Å². The summed E-state index contributed by atoms with van der Waals surface area (Å²) in [5.74, 6) is 0.138. The highest BCUT2D eigenvalue weighted by Crippen LogP contribution is 2.36. The molecule has 1 heterocycles. The second-order valence-corrected chi connectivity index (χ2v) is 7.06. The number of benzene rings is 2. The fourth-order valence-electron chi connectivity index (χ4n) is 3.68. The van der Waals surface area contributed by atoms with Crippen LogP contribution in [0.4, 0.5) is 10.5 Å². The molecule has 27 heavy (non-hydrogen) atoms. The summed E-state index contributed by atoms with van der Waals surface area (Å²) in [4.78, 5) is 38.1. The molecule has 3 rings (SSSR count). The number of rotatable bonds is 4. The minimum absolute atomic E-state index is 0.00890. The molecular weight excluding hydrogens is 340 g/mol. The predicted octanol–water partition coefficient (Wildman–Crippen LogP) is 4.04. The van der Waals surface area contributed by atoms with Crippen LogP contribution in [0.5, 0.6) is 0 Å². The molecule has 5 heteroatoms. The van der Waals surface area contributed by atoms with E-state index in [1.807, 2.05) is 30.3 Å². The van der Waals surface area contributed by atoms with E-state index in [2.05, 4.69) is 5.32 Å². The Bertz CT molecular complexity index is 836. The summed E-state index contributed by atoms with van der Waals surface area (Å²) in [6.45, 7) is 4.19. The van der Waals surface area contributed by atoms with Gasteiger partial charge in [-0.1, -0.05) is 30.3 Å². The van der Waals surface area contributed by atoms with Crippen molar-refractivity contribution in [1.29, 1.82) is 0 Å². The largest absolute Gasteiger partial charge is 0.324 e. The molecule has 1 fully saturated rings. The number of hydrogen-bond acceptors (Lipinski definition) is 3. The van der Waals surface area contributed by atoms with Crippen LogP contribution in [0.1, 0.15) is 42.6 Å². The van der Waals surface area contributed by atoms with Crippen LogP contribution < -0.4 is 5.32 Å². The summed E-state index contributed by atoms with van der Waals surface area (Å²) >= 11 is 0. The van der Waals surface area contributed by atoms with Gasteiger partial charge in [-0.05, 0) is 56.5 Å². The first kappa shape index (κ1) is 18.8. The zero-order valence-corrected chi connectivity index (χ0v) is 15.7. The van der Waals surface area contributed by atoms with Crippen molar-refractivity contribution in [3.63, 3.8) is 0 Å². The summed E-state index contributed by atoms with van der Waals surface area (Å²) in [5.41, 5.74) is 1.77. The number of hydrogen-bond donors (Lipinski definition) is 1. The number of anilines is 1. The lowest BCUT2D eigenvalue weighted by atomic mass is 9.70. The van der Waals surface area contributed by atoms with Gasteiger partial charge in [0.25, 0.3) is 0 Å². The Morgan fingerprint density at radius 1 is 0.889 bits per heavy atom. The average molecular weight is 364 g/mol. The number of amides is 2. The number of nitrogens with zero attached hydrogens (tertiary/aromatic N) is 1. The van der Waals surface area contributed by atoms with Gasteiger partial charge in [0.2, 0.25) is 0 Å². The van der Waals surface area contributed by atoms with Gasteiger partial charge in [0, 0.05) is 24.3 Å². The third-order valence-electron chi connectivity index (χ3n) is 5.45. The van der Waals surface area contributed by atoms with Gasteiger partial charge in [0.05, 0.1) is 5.41 Å². The monoisotopic (exact) mass is 364 g/mol. The minimum atomic E-state index is -0.513. The highest BCUT2D eigenvalue weighted by atomic mass is 16.2. The highest BCUT2D eigenvalue weighted by molar-refractivity contribution is 5.95. The van der Waals surface area contributed by atoms with Gasteiger partial charge in [-0.2, -0.15) is 0 Å². The molecule has 140 valence electrons. The number of carbonyl (C=O) groups excluding carboxylic acids is 3. The van der Waals surface area contributed by atoms with E-state index < -0.39 is 5.41 Å². The maximum atomic E-state index is 12.6. The van der Waals surface area contributed by atoms with Crippen molar-refractivity contribution in [1.82, 2.24) is 4.90 Å². The van der Waals surface area contributed by atoms with Crippen molar-refractivity contribution in [3.05, 3.63) is 65.7 Å². The maximum Gasteiger partial charge on any atom is 0.321 e. The Hall–Kier alpha value is -2.95. The van der Waals surface area contributed by atoms with E-state index in [0.717, 1.165) is 5.56 Å². The van der Waals surface area contributed by atoms with Crippen LogP contribution >= 0.6 is 0 Å². The number of ketones is 2. The van der Waals surface area contributed by atoms with Crippen LogP contribution in [0.2, 0.25) is 0 Å². The summed E-state index contributed by atoms with van der Waals surface area (Å²) in [5, 5.41) is 2.86. The molecule has 1 saturated heterocycles. The van der Waals surface area contributed by atoms with Gasteiger partial charge in [-0.25, -0.2) is 4.79 Å². The normalized spacial score (nSPS) is 15.9. The number of carbonyl (C=O) groups is 3. The highest BCUT2D eigenvalue weighted by Gasteiger charge is 2.41. The van der Waals surface area contributed by atoms with Crippen LogP contribution in [0, 0.1) is 0 Å². The van der Waals surface area contributed by atoms with Crippen molar-refractivity contribution in [2.24, 2.45) is 0 Å². The molecule has 0 aliphatic carbocycles. The molecule has 2 aromatic carbocycles. The van der Waals surface area contributed by atoms with Crippen LogP contribution in [0.3, 0.4) is 0 Å². The Morgan fingerprint density at radius 3 is 2.00 bits per heavy atom. The number of nitrogens with one attached hydrogen (secondary N) is 1. The second-order valence-electron chi connectivity index (χ2n) is 7.06. The third-order valence-corrected chi connectivity index (χ3v) is 5.45. The van der Waals surface area contributed by atoms with E-state index in [1.54, 1.807) is 36.1 Å². The number of piperidine rings is 1. The van der Waals surface area contributed by atoms with Crippen LogP contribution in [-0.4, -0.2) is 35.6 Å². The summed E-state index contributed by atoms with van der Waals surface area (Å²) in [6.07, 6.45) is 1.23. The Labute approximate surface area is 159 Å². The van der Waals surface area contributed by atoms with Gasteiger partial charge < -0.3 is 10.2 Å². The lowest BCUT2D eigenvalue weighted by molar-refractivity contribution is -0.124. The predicted molar refractivity (Wildman–Crippen MR) is 105 cm³/mol.